The van der Waals surface area contributed by atoms with Gasteiger partial charge in [-0.25, -0.2) is 9.78 Å². The van der Waals surface area contributed by atoms with Crippen molar-refractivity contribution < 1.29 is 133 Å². The highest BCUT2D eigenvalue weighted by molar-refractivity contribution is 7.98. The Morgan fingerprint density at radius 2 is 0.727 bits per heavy atom. The second-order valence-electron chi connectivity index (χ2n) is 30.0. The van der Waals surface area contributed by atoms with Gasteiger partial charge in [0.15, 0.2) is 0 Å². The van der Waals surface area contributed by atoms with E-state index in [4.69, 9.17) is 11.5 Å². The van der Waals surface area contributed by atoms with Crippen LogP contribution in [0.3, 0.4) is 0 Å². The average molecular weight is 1810 g/mol. The first-order chi connectivity index (χ1) is 60.8. The molecular formula is C81H109N19O27S. The molecule has 16 atom stereocenters. The van der Waals surface area contributed by atoms with Gasteiger partial charge in [0.25, 0.3) is 0 Å². The molecule has 31 N–H and O–H groups in total. The van der Waals surface area contributed by atoms with Crippen LogP contribution in [0.1, 0.15) is 68.0 Å². The minimum Gasteiger partial charge on any atom is -0.508 e. The van der Waals surface area contributed by atoms with E-state index in [9.17, 15) is 133 Å². The van der Waals surface area contributed by atoms with Crippen molar-refractivity contribution in [3.8, 4) is 17.2 Å². The van der Waals surface area contributed by atoms with Crippen LogP contribution >= 0.6 is 11.8 Å². The number of rotatable bonds is 53. The fourth-order valence-electron chi connectivity index (χ4n) is 12.6. The SMILES string of the molecule is CSCC[C@H](NC(=O)[C@H](Cc1ccc(O)cc1)NC(=O)[C@H](CO)NC(=O)[C@H](Cc1ccc(O)cc1)NC(=O)[C@H](CO)NC(=O)[C@H](CO)NC(=O)[C@@H](NC(=O)[C@H](CO)NC(=O)[C@@H](NC(=O)[C@H](CO)NC(=O)[C@H](CCC(N)=O)NC(=O)[C@@H](N)CO)C(C)C)[C@@H](C)O)C(=O)N[C@@H](Cc1cnc[nH]1)C(=O)N[C@@H](Cc1c[nH]c2ccccc12)C(=O)N[C@@H](Cc1ccc(O)cc1)C(=O)O. The van der Waals surface area contributed by atoms with Crippen molar-refractivity contribution in [2.24, 2.45) is 17.4 Å². The number of aliphatic carboxylic acids is 1. The molecule has 0 bridgehead atoms. The van der Waals surface area contributed by atoms with Crippen LogP contribution in [0, 0.1) is 5.92 Å². The zero-order valence-corrected chi connectivity index (χ0v) is 70.7. The molecule has 0 aliphatic carbocycles. The number of carboxylic acid groups (broad SMARTS) is 1. The van der Waals surface area contributed by atoms with Crippen LogP contribution in [0.15, 0.2) is 116 Å². The largest absolute Gasteiger partial charge is 0.508 e. The second-order valence-corrected chi connectivity index (χ2v) is 31.0. The lowest BCUT2D eigenvalue weighted by Gasteiger charge is -2.29. The summed E-state index contributed by atoms with van der Waals surface area (Å²) in [6.07, 6.45) is 1.31. The van der Waals surface area contributed by atoms with E-state index in [2.05, 4.69) is 84.1 Å². The molecular weight excluding hydrogens is 1700 g/mol. The summed E-state index contributed by atoms with van der Waals surface area (Å²) in [5.41, 5.74) is 13.1. The van der Waals surface area contributed by atoms with Crippen LogP contribution in [-0.2, 0) is 109 Å². The van der Waals surface area contributed by atoms with Crippen molar-refractivity contribution in [1.29, 1.82) is 0 Å². The number of para-hydroxylation sites is 1. The molecule has 128 heavy (non-hydrogen) atoms. The van der Waals surface area contributed by atoms with Crippen molar-refractivity contribution >= 4 is 117 Å². The number of H-pyrrole nitrogens is 2. The number of nitrogens with one attached hydrogen (secondary N) is 16. The zero-order valence-electron chi connectivity index (χ0n) is 69.9. The van der Waals surface area contributed by atoms with E-state index in [-0.39, 0.29) is 59.8 Å². The number of nitrogens with two attached hydrogens (primary N) is 2. The number of primary amides is 1. The highest BCUT2D eigenvalue weighted by atomic mass is 32.2. The van der Waals surface area contributed by atoms with E-state index in [0.29, 0.717) is 27.7 Å². The standard InChI is InChI=1S/C81H109N19O27S/c1-39(2)65(99-77(122)62(36-105)94-68(113)52(21-22-64(83)111)87-67(112)50(82)32-101)79(124)97-63(37-106)78(123)100-66(40(3)107)80(125)98-61(35-104)76(121)96-60(34-103)75(120)90-55(26-42-11-17-47(109)18-12-42)71(116)95-59(33-102)74(119)89-54(25-41-9-15-46(108)16-10-41)70(115)88-53(23-24-128-4)69(114)92-57(29-45-31-84-38-86-45)73(118)91-56(28-44-30-85-51-8-6-5-7-49(44)51)72(117)93-58(81(126)127)27-43-13-19-48(110)20-14-43/h5-20,30-31,38-40,50,52-63,65-66,85,101-110H,21-29,32-37,82H2,1-4H3,(H2,83,111)(H,84,86)(H,87,112)(H,88,115)(H,89,119)(H,90,120)(H,91,118)(H,92,114)(H,93,117)(H,94,113)(H,95,116)(H,96,121)(H,97,124)(H,98,125)(H,99,122)(H,100,123)(H,126,127)/t40-,50+,52+,53+,54+,55+,56+,57+,58+,59+,60+,61+,62+,63+,65+,66+/m1/s1. The Kier molecular flexibility index (Phi) is 41.4. The summed E-state index contributed by atoms with van der Waals surface area (Å²) in [5, 5.41) is 146. The molecule has 0 aliphatic rings. The van der Waals surface area contributed by atoms with Crippen molar-refractivity contribution in [2.45, 2.75) is 169 Å². The lowest BCUT2D eigenvalue weighted by atomic mass is 10.0. The van der Waals surface area contributed by atoms with Gasteiger partial charge in [0, 0.05) is 67.5 Å². The Morgan fingerprint density at radius 1 is 0.391 bits per heavy atom. The highest BCUT2D eigenvalue weighted by Gasteiger charge is 2.40. The molecule has 0 fully saturated rings. The van der Waals surface area contributed by atoms with Crippen molar-refractivity contribution in [3.63, 3.8) is 0 Å². The third-order valence-corrected chi connectivity index (χ3v) is 20.5. The number of phenolic OH excluding ortho intramolecular Hbond substituents is 3. The Balaban J connectivity index is 1.16. The third kappa shape index (κ3) is 32.2. The lowest BCUT2D eigenvalue weighted by Crippen LogP contribution is -2.63. The van der Waals surface area contributed by atoms with E-state index in [1.165, 1.54) is 111 Å². The molecule has 0 radical (unpaired) electrons. The summed E-state index contributed by atoms with van der Waals surface area (Å²) in [6.45, 7) is -3.23. The number of aliphatic hydroxyl groups excluding tert-OH is 7. The van der Waals surface area contributed by atoms with Gasteiger partial charge in [-0.05, 0) is 102 Å². The Bertz CT molecular complexity index is 4780. The zero-order chi connectivity index (χ0) is 94.6. The van der Waals surface area contributed by atoms with Crippen molar-refractivity contribution in [3.05, 3.63) is 144 Å². The number of aromatic hydroxyl groups is 3. The molecule has 0 spiro atoms. The van der Waals surface area contributed by atoms with Gasteiger partial charge in [-0.2, -0.15) is 11.8 Å². The van der Waals surface area contributed by atoms with Gasteiger partial charge in [0.2, 0.25) is 88.6 Å². The number of phenols is 3. The minimum absolute atomic E-state index is 0.0927. The van der Waals surface area contributed by atoms with Gasteiger partial charge in [0.1, 0.15) is 108 Å². The number of hydrogen-bond acceptors (Lipinski definition) is 29. The Hall–Kier alpha value is -13.4. The Morgan fingerprint density at radius 3 is 1.11 bits per heavy atom. The van der Waals surface area contributed by atoms with E-state index >= 15 is 0 Å². The number of aromatic nitrogens is 3. The van der Waals surface area contributed by atoms with Crippen LogP contribution in [0.25, 0.3) is 10.9 Å². The summed E-state index contributed by atoms with van der Waals surface area (Å²) in [5.74, 6) is -20.2. The molecule has 0 aliphatic heterocycles. The number of amides is 15. The summed E-state index contributed by atoms with van der Waals surface area (Å²) in [6, 6.07) is -3.73. The van der Waals surface area contributed by atoms with Gasteiger partial charge >= 0.3 is 5.97 Å². The number of benzene rings is 4. The number of hydrogen-bond donors (Lipinski definition) is 29. The predicted octanol–water partition coefficient (Wildman–Crippen LogP) is -9.27. The first kappa shape index (κ1) is 103. The number of carbonyl (C=O) groups is 16. The van der Waals surface area contributed by atoms with Gasteiger partial charge in [-0.1, -0.05) is 68.4 Å². The molecule has 4 aromatic carbocycles. The molecule has 47 heteroatoms. The minimum atomic E-state index is -2.11. The Labute approximate surface area is 735 Å². The van der Waals surface area contributed by atoms with E-state index in [0.717, 1.165) is 6.92 Å². The number of aliphatic hydroxyl groups is 7. The summed E-state index contributed by atoms with van der Waals surface area (Å²) in [4.78, 5) is 231. The predicted molar refractivity (Wildman–Crippen MR) is 453 cm³/mol. The molecule has 46 nitrogen and oxygen atoms in total. The molecule has 0 unspecified atom stereocenters. The molecule has 6 rings (SSSR count). The first-order valence-electron chi connectivity index (χ1n) is 40.0. The molecule has 6 aromatic rings. The number of aromatic amines is 2. The normalized spacial score (nSPS) is 15.0. The topological polar surface area (TPSA) is 761 Å². The van der Waals surface area contributed by atoms with Crippen LogP contribution < -0.4 is 85.9 Å². The number of carbonyl (C=O) groups excluding carboxylic acids is 15. The van der Waals surface area contributed by atoms with Crippen LogP contribution in [0.2, 0.25) is 0 Å². The summed E-state index contributed by atoms with van der Waals surface area (Å²) in [7, 11) is 0. The maximum atomic E-state index is 14.9. The molecule has 2 aromatic heterocycles. The van der Waals surface area contributed by atoms with Gasteiger partial charge in [0.05, 0.1) is 52.1 Å². The van der Waals surface area contributed by atoms with Gasteiger partial charge in [-0.15, -0.1) is 0 Å². The quantitative estimate of drug-likeness (QED) is 0.0169. The highest BCUT2D eigenvalue weighted by Crippen LogP contribution is 2.22. The van der Waals surface area contributed by atoms with Crippen LogP contribution in [-0.4, -0.2) is 314 Å². The summed E-state index contributed by atoms with van der Waals surface area (Å²) < 4.78 is 0. The van der Waals surface area contributed by atoms with Crippen LogP contribution in [0.5, 0.6) is 17.2 Å². The van der Waals surface area contributed by atoms with E-state index in [1.807, 2.05) is 5.32 Å². The first-order valence-corrected chi connectivity index (χ1v) is 41.4. The van der Waals surface area contributed by atoms with Gasteiger partial charge in [-0.3, -0.25) is 71.9 Å². The molecule has 2 heterocycles. The number of fused-ring (bicyclic) bond motifs is 1. The summed E-state index contributed by atoms with van der Waals surface area (Å²) >= 11 is 1.25. The number of nitrogens with zero attached hydrogens (tertiary/aromatic N) is 1. The maximum Gasteiger partial charge on any atom is 0.326 e. The third-order valence-electron chi connectivity index (χ3n) is 19.8. The fourth-order valence-corrected chi connectivity index (χ4v) is 13.1. The van der Waals surface area contributed by atoms with Gasteiger partial charge < -0.3 is 152 Å². The molecule has 696 valence electrons. The molecule has 0 saturated carbocycles. The van der Waals surface area contributed by atoms with Crippen LogP contribution in [0.4, 0.5) is 0 Å². The van der Waals surface area contributed by atoms with Crippen molar-refractivity contribution in [2.75, 3.05) is 51.6 Å². The monoisotopic (exact) mass is 1810 g/mol. The van der Waals surface area contributed by atoms with Crippen molar-refractivity contribution in [1.82, 2.24) is 89.4 Å². The lowest BCUT2D eigenvalue weighted by molar-refractivity contribution is -0.142. The number of carboxylic acids is 1. The molecule has 15 amide bonds. The van der Waals surface area contributed by atoms with E-state index in [1.54, 1.807) is 36.7 Å². The fraction of sp³-hybridized carbons (Fsp3) is 0.444. The maximum absolute atomic E-state index is 14.9. The molecule has 0 saturated heterocycles. The smallest absolute Gasteiger partial charge is 0.326 e. The average Bonchev–Trinajstić information content (AvgIpc) is 1.63. The number of imidazole rings is 1. The van der Waals surface area contributed by atoms with E-state index < -0.39 is 263 Å². The second kappa shape index (κ2) is 51.3. The number of thioether (sulfide) groups is 1.